The van der Waals surface area contributed by atoms with Crippen molar-refractivity contribution in [3.05, 3.63) is 12.7 Å². The predicted octanol–water partition coefficient (Wildman–Crippen LogP) is 3.20. The molecule has 60 valence electrons. The van der Waals surface area contributed by atoms with Crippen molar-refractivity contribution in [3.8, 4) is 0 Å². The Bertz CT molecular complexity index is 125. The minimum Gasteiger partial charge on any atom is -0.160 e. The van der Waals surface area contributed by atoms with Gasteiger partial charge in [-0.3, -0.25) is 0 Å². The minimum absolute atomic E-state index is 0.0590. The Morgan fingerprint density at radius 2 is 1.70 bits per heavy atom. The van der Waals surface area contributed by atoms with Crippen LogP contribution in [0.1, 0.15) is 13.8 Å². The lowest BCUT2D eigenvalue weighted by Gasteiger charge is -2.19. The zero-order chi connectivity index (χ0) is 8.41. The van der Waals surface area contributed by atoms with Gasteiger partial charge in [0.2, 0.25) is 0 Å². The number of thioether (sulfide) groups is 1. The van der Waals surface area contributed by atoms with Gasteiger partial charge in [-0.2, -0.15) is 13.2 Å². The zero-order valence-electron chi connectivity index (χ0n) is 5.83. The standard InChI is InChI=1S/C6H9F3S/c1-4-5(2,3)10-6(7,8)9/h4H,1H2,2-3H3. The van der Waals surface area contributed by atoms with E-state index in [9.17, 15) is 13.2 Å². The lowest BCUT2D eigenvalue weighted by molar-refractivity contribution is -0.0336. The number of hydrogen-bond donors (Lipinski definition) is 0. The van der Waals surface area contributed by atoms with Gasteiger partial charge >= 0.3 is 5.51 Å². The fraction of sp³-hybridized carbons (Fsp3) is 0.667. The molecule has 0 radical (unpaired) electrons. The Balaban J connectivity index is 4.01. The summed E-state index contributed by atoms with van der Waals surface area (Å²) in [6, 6.07) is 0. The first-order valence-corrected chi connectivity index (χ1v) is 3.49. The molecule has 0 aliphatic rings. The molecule has 0 spiro atoms. The third-order valence-electron chi connectivity index (χ3n) is 0.870. The van der Waals surface area contributed by atoms with Crippen molar-refractivity contribution < 1.29 is 13.2 Å². The third kappa shape index (κ3) is 4.73. The molecule has 0 N–H and O–H groups in total. The van der Waals surface area contributed by atoms with E-state index in [1.165, 1.54) is 19.9 Å². The van der Waals surface area contributed by atoms with Gasteiger partial charge in [-0.15, -0.1) is 6.58 Å². The Kier molecular flexibility index (Phi) is 2.83. The van der Waals surface area contributed by atoms with Crippen LogP contribution in [-0.2, 0) is 0 Å². The molecule has 10 heavy (non-hydrogen) atoms. The second-order valence-corrected chi connectivity index (χ2v) is 4.07. The van der Waals surface area contributed by atoms with Crippen LogP contribution in [0.25, 0.3) is 0 Å². The van der Waals surface area contributed by atoms with Gasteiger partial charge < -0.3 is 0 Å². The van der Waals surface area contributed by atoms with Crippen molar-refractivity contribution in [1.29, 1.82) is 0 Å². The van der Waals surface area contributed by atoms with Crippen molar-refractivity contribution in [3.63, 3.8) is 0 Å². The molecule has 0 heterocycles. The Hall–Kier alpha value is -0.120. The lowest BCUT2D eigenvalue weighted by Crippen LogP contribution is -2.17. The highest BCUT2D eigenvalue weighted by atomic mass is 32.2. The summed E-state index contributed by atoms with van der Waals surface area (Å²) in [5.74, 6) is 0. The zero-order valence-corrected chi connectivity index (χ0v) is 6.64. The monoisotopic (exact) mass is 170 g/mol. The van der Waals surface area contributed by atoms with E-state index in [2.05, 4.69) is 6.58 Å². The van der Waals surface area contributed by atoms with Gasteiger partial charge in [0.25, 0.3) is 0 Å². The first-order valence-electron chi connectivity index (χ1n) is 2.67. The van der Waals surface area contributed by atoms with Gasteiger partial charge in [0, 0.05) is 4.75 Å². The Morgan fingerprint density at radius 1 is 1.30 bits per heavy atom. The molecule has 0 rings (SSSR count). The molecule has 0 nitrogen and oxygen atoms in total. The van der Waals surface area contributed by atoms with Crippen LogP contribution in [0.5, 0.6) is 0 Å². The van der Waals surface area contributed by atoms with Gasteiger partial charge in [0.05, 0.1) is 0 Å². The second kappa shape index (κ2) is 2.86. The highest BCUT2D eigenvalue weighted by Gasteiger charge is 2.35. The molecule has 4 heteroatoms. The van der Waals surface area contributed by atoms with E-state index in [-0.39, 0.29) is 11.8 Å². The molecule has 0 bridgehead atoms. The maximum atomic E-state index is 11.7. The number of halogens is 3. The average Bonchev–Trinajstić information content (AvgIpc) is 1.60. The highest BCUT2D eigenvalue weighted by molar-refractivity contribution is 8.01. The van der Waals surface area contributed by atoms with Crippen LogP contribution in [0.3, 0.4) is 0 Å². The van der Waals surface area contributed by atoms with E-state index in [4.69, 9.17) is 0 Å². The van der Waals surface area contributed by atoms with Gasteiger partial charge in [-0.1, -0.05) is 6.08 Å². The van der Waals surface area contributed by atoms with Crippen molar-refractivity contribution in [1.82, 2.24) is 0 Å². The minimum atomic E-state index is -4.17. The third-order valence-corrected chi connectivity index (χ3v) is 1.79. The normalized spacial score (nSPS) is 13.3. The summed E-state index contributed by atoms with van der Waals surface area (Å²) in [6.45, 7) is 6.24. The van der Waals surface area contributed by atoms with Crippen molar-refractivity contribution >= 4 is 11.8 Å². The predicted molar refractivity (Wildman–Crippen MR) is 37.9 cm³/mol. The van der Waals surface area contributed by atoms with Crippen molar-refractivity contribution in [2.24, 2.45) is 0 Å². The van der Waals surface area contributed by atoms with Crippen molar-refractivity contribution in [2.75, 3.05) is 0 Å². The van der Waals surface area contributed by atoms with Crippen LogP contribution in [-0.4, -0.2) is 10.3 Å². The van der Waals surface area contributed by atoms with Crippen LogP contribution in [0.4, 0.5) is 13.2 Å². The summed E-state index contributed by atoms with van der Waals surface area (Å²) in [4.78, 5) is 0. The summed E-state index contributed by atoms with van der Waals surface area (Å²) in [5.41, 5.74) is -4.17. The van der Waals surface area contributed by atoms with Gasteiger partial charge in [0.15, 0.2) is 0 Å². The summed E-state index contributed by atoms with van der Waals surface area (Å²) >= 11 is -0.0590. The van der Waals surface area contributed by atoms with Crippen LogP contribution in [0.2, 0.25) is 0 Å². The molecular weight excluding hydrogens is 161 g/mol. The molecule has 0 saturated heterocycles. The van der Waals surface area contributed by atoms with Crippen molar-refractivity contribution in [2.45, 2.75) is 24.1 Å². The maximum Gasteiger partial charge on any atom is 0.442 e. The highest BCUT2D eigenvalue weighted by Crippen LogP contribution is 2.40. The molecule has 0 aromatic rings. The van der Waals surface area contributed by atoms with Crippen LogP contribution < -0.4 is 0 Å². The molecule has 0 aromatic heterocycles. The quantitative estimate of drug-likeness (QED) is 0.573. The Labute approximate surface area is 62.5 Å². The first-order chi connectivity index (χ1) is 4.27. The molecule has 0 aliphatic carbocycles. The molecular formula is C6H9F3S. The molecule has 0 aliphatic heterocycles. The van der Waals surface area contributed by atoms with E-state index in [0.717, 1.165) is 0 Å². The van der Waals surface area contributed by atoms with E-state index < -0.39 is 10.3 Å². The summed E-state index contributed by atoms with van der Waals surface area (Å²) in [5, 5.41) is 0. The Morgan fingerprint density at radius 3 is 1.80 bits per heavy atom. The smallest absolute Gasteiger partial charge is 0.160 e. The van der Waals surface area contributed by atoms with Gasteiger partial charge in [-0.25, -0.2) is 0 Å². The van der Waals surface area contributed by atoms with Crippen LogP contribution >= 0.6 is 11.8 Å². The average molecular weight is 170 g/mol. The van der Waals surface area contributed by atoms with E-state index in [1.807, 2.05) is 0 Å². The topological polar surface area (TPSA) is 0 Å². The van der Waals surface area contributed by atoms with Gasteiger partial charge in [-0.05, 0) is 25.6 Å². The fourth-order valence-corrected chi connectivity index (χ4v) is 1.02. The maximum absolute atomic E-state index is 11.7. The molecule has 0 fully saturated rings. The summed E-state index contributed by atoms with van der Waals surface area (Å²) < 4.78 is 34.0. The second-order valence-electron chi connectivity index (χ2n) is 2.36. The van der Waals surface area contributed by atoms with Gasteiger partial charge in [0.1, 0.15) is 0 Å². The number of rotatable bonds is 2. The summed E-state index contributed by atoms with van der Waals surface area (Å²) in [6.07, 6.45) is 1.28. The van der Waals surface area contributed by atoms with Crippen LogP contribution in [0, 0.1) is 0 Å². The first kappa shape index (κ1) is 9.88. The number of alkyl halides is 3. The SMILES string of the molecule is C=CC(C)(C)SC(F)(F)F. The summed E-state index contributed by atoms with van der Waals surface area (Å²) in [7, 11) is 0. The van der Waals surface area contributed by atoms with E-state index in [0.29, 0.717) is 0 Å². The lowest BCUT2D eigenvalue weighted by atomic mass is 10.2. The fourth-order valence-electron chi connectivity index (χ4n) is 0.340. The van der Waals surface area contributed by atoms with Crippen LogP contribution in [0.15, 0.2) is 12.7 Å². The van der Waals surface area contributed by atoms with E-state index in [1.54, 1.807) is 0 Å². The molecule has 0 saturated carbocycles. The number of hydrogen-bond acceptors (Lipinski definition) is 1. The molecule has 0 unspecified atom stereocenters. The largest absolute Gasteiger partial charge is 0.442 e. The molecule has 0 aromatic carbocycles. The molecule has 0 amide bonds. The van der Waals surface area contributed by atoms with E-state index >= 15 is 0 Å². The molecule has 0 atom stereocenters.